The van der Waals surface area contributed by atoms with E-state index in [1.807, 2.05) is 65.6 Å². The van der Waals surface area contributed by atoms with Crippen molar-refractivity contribution in [2.75, 3.05) is 64.8 Å². The normalized spacial score (nSPS) is 14.6. The number of carbonyl (C=O) groups is 4. The number of hydrogen-bond acceptors (Lipinski definition) is 5. The maximum Gasteiger partial charge on any atom is 0.410 e. The summed E-state index contributed by atoms with van der Waals surface area (Å²) >= 11 is 0. The van der Waals surface area contributed by atoms with Gasteiger partial charge in [-0.3, -0.25) is 9.69 Å². The van der Waals surface area contributed by atoms with Crippen LogP contribution in [0.1, 0.15) is 73.1 Å². The number of ether oxygens (including phenoxy) is 1. The van der Waals surface area contributed by atoms with Crippen molar-refractivity contribution in [2.24, 2.45) is 0 Å². The highest BCUT2D eigenvalue weighted by atomic mass is 16.6. The van der Waals surface area contributed by atoms with Crippen LogP contribution in [0.2, 0.25) is 0 Å². The smallest absolute Gasteiger partial charge is 0.410 e. The fourth-order valence-corrected chi connectivity index (χ4v) is 5.75. The van der Waals surface area contributed by atoms with Gasteiger partial charge in [-0.2, -0.15) is 0 Å². The third kappa shape index (κ3) is 11.7. The third-order valence-electron chi connectivity index (χ3n) is 8.59. The Morgan fingerprint density at radius 2 is 1.22 bits per heavy atom. The minimum Gasteiger partial charge on any atom is -0.444 e. The zero-order valence-corrected chi connectivity index (χ0v) is 30.8. The summed E-state index contributed by atoms with van der Waals surface area (Å²) in [5.41, 5.74) is 0.707. The summed E-state index contributed by atoms with van der Waals surface area (Å²) in [6.45, 7) is 12.1. The summed E-state index contributed by atoms with van der Waals surface area (Å²) < 4.78 is 5.48. The Balaban J connectivity index is 1.91. The van der Waals surface area contributed by atoms with Gasteiger partial charge in [-0.1, -0.05) is 75.9 Å². The van der Waals surface area contributed by atoms with Crippen molar-refractivity contribution in [3.63, 3.8) is 0 Å². The predicted molar refractivity (Wildman–Crippen MR) is 195 cm³/mol. The average Bonchev–Trinajstić information content (AvgIpc) is 3.09. The van der Waals surface area contributed by atoms with Gasteiger partial charge in [0.15, 0.2) is 0 Å². The van der Waals surface area contributed by atoms with E-state index < -0.39 is 17.7 Å². The number of likely N-dealkylation sites (N-methyl/N-ethyl adjacent to an activating group) is 2. The van der Waals surface area contributed by atoms with Crippen LogP contribution in [0.15, 0.2) is 60.7 Å². The molecule has 1 aliphatic rings. The van der Waals surface area contributed by atoms with Gasteiger partial charge in [0, 0.05) is 53.4 Å². The molecule has 1 heterocycles. The molecular weight excluding hydrogens is 620 g/mol. The first kappa shape index (κ1) is 39.2. The van der Waals surface area contributed by atoms with Crippen molar-refractivity contribution in [1.29, 1.82) is 0 Å². The number of piperazine rings is 1. The SMILES string of the molecule is CCCCCN(CCCCC)C(=O)N1CCN(C(=O)N(c2ccccc2)c2ccccc2)[C@H](C(=O)N(C)CCN(C)C(=O)OC(C)(C)C)C1. The van der Waals surface area contributed by atoms with E-state index in [4.69, 9.17) is 4.74 Å². The van der Waals surface area contributed by atoms with E-state index in [0.717, 1.165) is 38.5 Å². The number of nitrogens with zero attached hydrogens (tertiary/aromatic N) is 6. The second kappa shape index (κ2) is 19.0. The van der Waals surface area contributed by atoms with Gasteiger partial charge in [-0.15, -0.1) is 0 Å². The van der Waals surface area contributed by atoms with E-state index in [0.29, 0.717) is 31.0 Å². The summed E-state index contributed by atoms with van der Waals surface area (Å²) in [5, 5.41) is 0. The number of urea groups is 2. The Bertz CT molecular complexity index is 1290. The Morgan fingerprint density at radius 1 is 0.714 bits per heavy atom. The first-order valence-electron chi connectivity index (χ1n) is 17.8. The summed E-state index contributed by atoms with van der Waals surface area (Å²) in [5.74, 6) is -0.298. The fraction of sp³-hybridized carbons (Fsp3) is 0.579. The van der Waals surface area contributed by atoms with Gasteiger partial charge in [-0.05, 0) is 57.9 Å². The molecule has 11 heteroatoms. The number of unbranched alkanes of at least 4 members (excludes halogenated alkanes) is 4. The molecule has 0 bridgehead atoms. The molecule has 1 atom stereocenters. The lowest BCUT2D eigenvalue weighted by atomic mass is 10.1. The Morgan fingerprint density at radius 3 is 1.71 bits per heavy atom. The molecule has 2 aromatic carbocycles. The molecule has 0 aromatic heterocycles. The molecular formula is C38H58N6O5. The molecule has 11 nitrogen and oxygen atoms in total. The number of amides is 6. The van der Waals surface area contributed by atoms with E-state index in [-0.39, 0.29) is 44.1 Å². The van der Waals surface area contributed by atoms with E-state index in [9.17, 15) is 19.2 Å². The van der Waals surface area contributed by atoms with Crippen LogP contribution in [0.3, 0.4) is 0 Å². The van der Waals surface area contributed by atoms with Crippen LogP contribution < -0.4 is 4.90 Å². The minimum atomic E-state index is -0.926. The van der Waals surface area contributed by atoms with Crippen molar-refractivity contribution < 1.29 is 23.9 Å². The predicted octanol–water partition coefficient (Wildman–Crippen LogP) is 7.06. The van der Waals surface area contributed by atoms with Crippen molar-refractivity contribution in [2.45, 2.75) is 84.8 Å². The van der Waals surface area contributed by atoms with Crippen molar-refractivity contribution in [1.82, 2.24) is 24.5 Å². The molecule has 1 fully saturated rings. The summed E-state index contributed by atoms with van der Waals surface area (Å²) in [4.78, 5) is 65.4. The first-order chi connectivity index (χ1) is 23.4. The van der Waals surface area contributed by atoms with E-state index in [1.165, 1.54) is 9.80 Å². The van der Waals surface area contributed by atoms with Crippen LogP contribution in [-0.2, 0) is 9.53 Å². The molecule has 0 aliphatic carbocycles. The number of benzene rings is 2. The highest BCUT2D eigenvalue weighted by Crippen LogP contribution is 2.28. The van der Waals surface area contributed by atoms with Gasteiger partial charge in [0.05, 0.1) is 17.9 Å². The molecule has 49 heavy (non-hydrogen) atoms. The zero-order chi connectivity index (χ0) is 36.0. The molecule has 0 radical (unpaired) electrons. The summed E-state index contributed by atoms with van der Waals surface area (Å²) in [7, 11) is 3.30. The van der Waals surface area contributed by atoms with E-state index >= 15 is 0 Å². The van der Waals surface area contributed by atoms with Crippen LogP contribution in [0, 0.1) is 0 Å². The fourth-order valence-electron chi connectivity index (χ4n) is 5.75. The van der Waals surface area contributed by atoms with Crippen molar-refractivity contribution in [3.8, 4) is 0 Å². The standard InChI is InChI=1S/C38H58N6O5/c1-8-10-18-24-41(25-19-11-9-2)35(46)42-28-29-43(36(47)44(31-20-14-12-15-21-31)32-22-16-13-17-23-32)33(30-42)34(45)39(6)26-27-40(7)37(48)49-38(3,4)5/h12-17,20-23,33H,8-11,18-19,24-30H2,1-7H3/t33-/m0/s1. The molecule has 0 spiro atoms. The Kier molecular flexibility index (Phi) is 15.2. The summed E-state index contributed by atoms with van der Waals surface area (Å²) in [6.07, 6.45) is 5.56. The molecule has 0 unspecified atom stereocenters. The van der Waals surface area contributed by atoms with Crippen LogP contribution in [-0.4, -0.2) is 120 Å². The van der Waals surface area contributed by atoms with Gasteiger partial charge >= 0.3 is 18.2 Å². The van der Waals surface area contributed by atoms with Crippen LogP contribution >= 0.6 is 0 Å². The van der Waals surface area contributed by atoms with Gasteiger partial charge in [0.1, 0.15) is 11.6 Å². The van der Waals surface area contributed by atoms with Gasteiger partial charge in [-0.25, -0.2) is 14.4 Å². The maximum atomic E-state index is 14.6. The number of rotatable bonds is 14. The van der Waals surface area contributed by atoms with E-state index in [1.54, 1.807) is 49.6 Å². The molecule has 3 rings (SSSR count). The Labute approximate surface area is 293 Å². The van der Waals surface area contributed by atoms with Gasteiger partial charge in [0.2, 0.25) is 5.91 Å². The maximum absolute atomic E-state index is 14.6. The highest BCUT2D eigenvalue weighted by Gasteiger charge is 2.41. The molecule has 6 amide bonds. The number of carbonyl (C=O) groups excluding carboxylic acids is 4. The lowest BCUT2D eigenvalue weighted by Crippen LogP contribution is -2.64. The molecule has 2 aromatic rings. The zero-order valence-electron chi connectivity index (χ0n) is 30.8. The molecule has 1 aliphatic heterocycles. The van der Waals surface area contributed by atoms with Crippen LogP contribution in [0.4, 0.5) is 25.8 Å². The van der Waals surface area contributed by atoms with Gasteiger partial charge < -0.3 is 29.2 Å². The number of para-hydroxylation sites is 2. The highest BCUT2D eigenvalue weighted by molar-refractivity contribution is 6.01. The Hall–Kier alpha value is -4.28. The average molecular weight is 679 g/mol. The van der Waals surface area contributed by atoms with E-state index in [2.05, 4.69) is 13.8 Å². The van der Waals surface area contributed by atoms with Crippen molar-refractivity contribution >= 4 is 35.4 Å². The van der Waals surface area contributed by atoms with Crippen LogP contribution in [0.25, 0.3) is 0 Å². The third-order valence-corrected chi connectivity index (χ3v) is 8.59. The second-order valence-corrected chi connectivity index (χ2v) is 13.8. The lowest BCUT2D eigenvalue weighted by Gasteiger charge is -2.44. The van der Waals surface area contributed by atoms with Crippen LogP contribution in [0.5, 0.6) is 0 Å². The molecule has 270 valence electrons. The van der Waals surface area contributed by atoms with Crippen molar-refractivity contribution in [3.05, 3.63) is 60.7 Å². The van der Waals surface area contributed by atoms with Gasteiger partial charge in [0.25, 0.3) is 0 Å². The monoisotopic (exact) mass is 678 g/mol. The lowest BCUT2D eigenvalue weighted by molar-refractivity contribution is -0.136. The molecule has 0 saturated carbocycles. The largest absolute Gasteiger partial charge is 0.444 e. The molecule has 0 N–H and O–H groups in total. The first-order valence-corrected chi connectivity index (χ1v) is 17.8. The molecule has 1 saturated heterocycles. The summed E-state index contributed by atoms with van der Waals surface area (Å²) in [6, 6.07) is 17.4. The number of anilines is 2. The quantitative estimate of drug-likeness (QED) is 0.200. The number of hydrogen-bond donors (Lipinski definition) is 0. The topological polar surface area (TPSA) is 97.0 Å². The minimum absolute atomic E-state index is 0.0745. The second-order valence-electron chi connectivity index (χ2n) is 13.8.